The molecule has 1 heterocycles. The molecule has 17 heavy (non-hydrogen) atoms. The molecule has 0 spiro atoms. The van der Waals surface area contributed by atoms with Gasteiger partial charge in [0.05, 0.1) is 25.7 Å². The van der Waals surface area contributed by atoms with Crippen LogP contribution in [0, 0.1) is 11.1 Å². The molecule has 7 heteroatoms. The Morgan fingerprint density at radius 2 is 2.06 bits per heavy atom. The van der Waals surface area contributed by atoms with Gasteiger partial charge < -0.3 is 19.4 Å². The maximum absolute atomic E-state index is 12.7. The van der Waals surface area contributed by atoms with Crippen molar-refractivity contribution in [2.75, 3.05) is 19.8 Å². The van der Waals surface area contributed by atoms with E-state index in [1.165, 1.54) is 13.1 Å². The summed E-state index contributed by atoms with van der Waals surface area (Å²) >= 11 is 0. The highest BCUT2D eigenvalue weighted by Gasteiger charge is 2.62. The van der Waals surface area contributed by atoms with Gasteiger partial charge in [-0.3, -0.25) is 4.57 Å². The molecule has 0 aliphatic carbocycles. The summed E-state index contributed by atoms with van der Waals surface area (Å²) in [6.45, 7) is 5.07. The molecule has 0 amide bonds. The van der Waals surface area contributed by atoms with E-state index in [1.54, 1.807) is 13.8 Å². The zero-order valence-electron chi connectivity index (χ0n) is 10.5. The van der Waals surface area contributed by atoms with Crippen molar-refractivity contribution < 1.29 is 23.5 Å². The van der Waals surface area contributed by atoms with Gasteiger partial charge in [0.25, 0.3) is 5.28 Å². The van der Waals surface area contributed by atoms with Gasteiger partial charge in [0, 0.05) is 13.3 Å². The summed E-state index contributed by atoms with van der Waals surface area (Å²) in [6, 6.07) is 0. The molecule has 0 radical (unpaired) electrons. The fourth-order valence-corrected chi connectivity index (χ4v) is 4.28. The van der Waals surface area contributed by atoms with Crippen molar-refractivity contribution in [2.45, 2.75) is 32.5 Å². The summed E-state index contributed by atoms with van der Waals surface area (Å²) in [6.07, 6.45) is 1.76. The molecule has 0 saturated carbocycles. The van der Waals surface area contributed by atoms with Crippen molar-refractivity contribution in [3.05, 3.63) is 5.21 Å². The van der Waals surface area contributed by atoms with Crippen LogP contribution in [0.3, 0.4) is 0 Å². The number of rotatable bonds is 6. The van der Waals surface area contributed by atoms with E-state index in [4.69, 9.17) is 9.05 Å². The Hall–Kier alpha value is -0.420. The molecule has 6 nitrogen and oxygen atoms in total. The summed E-state index contributed by atoms with van der Waals surface area (Å²) in [5, 5.41) is 19.8. The first-order valence-corrected chi connectivity index (χ1v) is 7.30. The molecular weight excluding hydrogens is 245 g/mol. The lowest BCUT2D eigenvalue weighted by molar-refractivity contribution is -0.515. The van der Waals surface area contributed by atoms with E-state index < -0.39 is 18.8 Å². The van der Waals surface area contributed by atoms with E-state index in [9.17, 15) is 14.9 Å². The van der Waals surface area contributed by atoms with Crippen LogP contribution in [-0.4, -0.2) is 41.2 Å². The molecule has 100 valence electrons. The number of hydroxylamine groups is 1. The van der Waals surface area contributed by atoms with Crippen LogP contribution in [0.2, 0.25) is 0 Å². The normalized spacial score (nSPS) is 29.4. The van der Waals surface area contributed by atoms with Gasteiger partial charge in [0.15, 0.2) is 6.21 Å². The van der Waals surface area contributed by atoms with E-state index >= 15 is 0 Å². The highest BCUT2D eigenvalue weighted by atomic mass is 31.2. The van der Waals surface area contributed by atoms with Crippen molar-refractivity contribution in [1.29, 1.82) is 0 Å². The highest BCUT2D eigenvalue weighted by molar-refractivity contribution is 7.55. The van der Waals surface area contributed by atoms with Gasteiger partial charge in [-0.15, -0.1) is 0 Å². The van der Waals surface area contributed by atoms with Gasteiger partial charge >= 0.3 is 7.60 Å². The average molecular weight is 265 g/mol. The van der Waals surface area contributed by atoms with Crippen molar-refractivity contribution in [1.82, 2.24) is 0 Å². The quantitative estimate of drug-likeness (QED) is 0.447. The molecule has 0 aromatic rings. The Bertz CT molecular complexity index is 336. The fraction of sp³-hybridized carbons (Fsp3) is 0.900. The third-order valence-electron chi connectivity index (χ3n) is 3.15. The lowest BCUT2D eigenvalue weighted by atomic mass is 10.0. The lowest BCUT2D eigenvalue weighted by Crippen LogP contribution is -2.41. The molecule has 0 fully saturated rings. The fourth-order valence-electron chi connectivity index (χ4n) is 2.04. The molecule has 2 atom stereocenters. The molecule has 0 saturated heterocycles. The Labute approximate surface area is 101 Å². The number of aliphatic hydroxyl groups excluding tert-OH is 1. The zero-order valence-corrected chi connectivity index (χ0v) is 11.4. The Kier molecular flexibility index (Phi) is 4.72. The standard InChI is InChI=1S/C10H20NO5P/c1-4-15-17(14,16-5-2)10(3)9(8-12)6-7-11(10)13/h7,9,12H,4-6,8H2,1-3H3. The predicted molar refractivity (Wildman–Crippen MR) is 64.1 cm³/mol. The van der Waals surface area contributed by atoms with Crippen LogP contribution in [0.15, 0.2) is 0 Å². The first kappa shape index (κ1) is 14.6. The summed E-state index contributed by atoms with van der Waals surface area (Å²) in [4.78, 5) is 0. The SMILES string of the molecule is CCOP(=O)(OCC)C1(C)C(CO)CC=[N+]1[O-]. The van der Waals surface area contributed by atoms with E-state index in [0.717, 1.165) is 0 Å². The summed E-state index contributed by atoms with van der Waals surface area (Å²) in [7, 11) is -3.59. The molecule has 1 aliphatic heterocycles. The van der Waals surface area contributed by atoms with Gasteiger partial charge in [-0.2, -0.15) is 4.74 Å². The third kappa shape index (κ3) is 2.27. The minimum Gasteiger partial charge on any atom is -0.623 e. The molecule has 0 aromatic heterocycles. The van der Waals surface area contributed by atoms with Crippen molar-refractivity contribution >= 4 is 13.8 Å². The second-order valence-electron chi connectivity index (χ2n) is 4.05. The van der Waals surface area contributed by atoms with Crippen LogP contribution in [0.1, 0.15) is 27.2 Å². The summed E-state index contributed by atoms with van der Waals surface area (Å²) < 4.78 is 23.8. The van der Waals surface area contributed by atoms with Gasteiger partial charge in [-0.1, -0.05) is 0 Å². The van der Waals surface area contributed by atoms with Crippen molar-refractivity contribution in [3.8, 4) is 0 Å². The Morgan fingerprint density at radius 1 is 1.53 bits per heavy atom. The van der Waals surface area contributed by atoms with Crippen molar-refractivity contribution in [2.24, 2.45) is 5.92 Å². The van der Waals surface area contributed by atoms with Crippen LogP contribution in [0.5, 0.6) is 0 Å². The maximum Gasteiger partial charge on any atom is 0.402 e. The topological polar surface area (TPSA) is 81.8 Å². The molecule has 1 N–H and O–H groups in total. The van der Waals surface area contributed by atoms with Crippen LogP contribution in [-0.2, 0) is 13.6 Å². The molecule has 0 bridgehead atoms. The molecule has 2 unspecified atom stereocenters. The summed E-state index contributed by atoms with van der Waals surface area (Å²) in [5.41, 5.74) is 0. The number of hydrogen-bond acceptors (Lipinski definition) is 5. The molecular formula is C10H20NO5P. The average Bonchev–Trinajstić information content (AvgIpc) is 2.57. The molecule has 1 rings (SSSR count). The van der Waals surface area contributed by atoms with E-state index in [2.05, 4.69) is 0 Å². The van der Waals surface area contributed by atoms with Crippen LogP contribution in [0.25, 0.3) is 0 Å². The second-order valence-corrected chi connectivity index (χ2v) is 6.47. The third-order valence-corrected chi connectivity index (χ3v) is 6.02. The van der Waals surface area contributed by atoms with E-state index in [1.807, 2.05) is 0 Å². The Balaban J connectivity index is 3.14. The minimum atomic E-state index is -3.59. The predicted octanol–water partition coefficient (Wildman–Crippen LogP) is 1.56. The first-order valence-electron chi connectivity index (χ1n) is 5.76. The monoisotopic (exact) mass is 265 g/mol. The van der Waals surface area contributed by atoms with Crippen LogP contribution < -0.4 is 0 Å². The van der Waals surface area contributed by atoms with Crippen LogP contribution >= 0.6 is 7.60 Å². The van der Waals surface area contributed by atoms with Crippen LogP contribution in [0.4, 0.5) is 0 Å². The minimum absolute atomic E-state index is 0.193. The largest absolute Gasteiger partial charge is 0.623 e. The first-order chi connectivity index (χ1) is 7.96. The summed E-state index contributed by atoms with van der Waals surface area (Å²) in [5.74, 6) is -0.441. The van der Waals surface area contributed by atoms with Crippen molar-refractivity contribution in [3.63, 3.8) is 0 Å². The zero-order chi connectivity index (χ0) is 13.1. The highest BCUT2D eigenvalue weighted by Crippen LogP contribution is 2.64. The van der Waals surface area contributed by atoms with E-state index in [0.29, 0.717) is 11.2 Å². The molecule has 1 aliphatic rings. The second kappa shape index (κ2) is 5.48. The number of aliphatic hydroxyl groups is 1. The van der Waals surface area contributed by atoms with Gasteiger partial charge in [-0.25, -0.2) is 0 Å². The van der Waals surface area contributed by atoms with Gasteiger partial charge in [0.1, 0.15) is 0 Å². The number of hydrogen-bond donors (Lipinski definition) is 1. The smallest absolute Gasteiger partial charge is 0.402 e. The van der Waals surface area contributed by atoms with Gasteiger partial charge in [-0.05, 0) is 13.8 Å². The van der Waals surface area contributed by atoms with E-state index in [-0.39, 0.29) is 19.8 Å². The number of nitrogens with zero attached hydrogens (tertiary/aromatic N) is 1. The molecule has 0 aromatic carbocycles. The maximum atomic E-state index is 12.7. The lowest BCUT2D eigenvalue weighted by Gasteiger charge is -2.34. The Morgan fingerprint density at radius 3 is 2.47 bits per heavy atom. The van der Waals surface area contributed by atoms with Gasteiger partial charge in [0.2, 0.25) is 0 Å².